The fourth-order valence-electron chi connectivity index (χ4n) is 2.60. The number of amides is 2. The molecule has 0 bridgehead atoms. The molecule has 154 valence electrons. The molecule has 0 unspecified atom stereocenters. The minimum absolute atomic E-state index is 0.179. The predicted molar refractivity (Wildman–Crippen MR) is 114 cm³/mol. The van der Waals surface area contributed by atoms with Crippen molar-refractivity contribution in [2.45, 2.75) is 0 Å². The van der Waals surface area contributed by atoms with Crippen molar-refractivity contribution in [1.82, 2.24) is 20.4 Å². The Hall–Kier alpha value is -3.36. The predicted octanol–water partition coefficient (Wildman–Crippen LogP) is 1.99. The number of nitrogens with zero attached hydrogens (tertiary/aromatic N) is 1. The summed E-state index contributed by atoms with van der Waals surface area (Å²) >= 11 is 11.7. The summed E-state index contributed by atoms with van der Waals surface area (Å²) in [5.74, 6) is -0.746. The van der Waals surface area contributed by atoms with E-state index in [0.29, 0.717) is 21.8 Å². The number of aromatic nitrogens is 2. The van der Waals surface area contributed by atoms with Crippen molar-refractivity contribution in [2.24, 2.45) is 0 Å². The minimum Gasteiger partial charge on any atom is -0.350 e. The Balaban J connectivity index is 1.58. The van der Waals surface area contributed by atoms with E-state index in [1.807, 2.05) is 0 Å². The van der Waals surface area contributed by atoms with E-state index in [9.17, 15) is 19.2 Å². The first kappa shape index (κ1) is 21.4. The second-order valence-electron chi connectivity index (χ2n) is 6.17. The number of H-pyrrole nitrogens is 1. The number of halogens is 2. The highest BCUT2D eigenvalue weighted by molar-refractivity contribution is 6.42. The van der Waals surface area contributed by atoms with Gasteiger partial charge in [-0.1, -0.05) is 29.3 Å². The highest BCUT2D eigenvalue weighted by Gasteiger charge is 2.10. The summed E-state index contributed by atoms with van der Waals surface area (Å²) in [5.41, 5.74) is 0.114. The van der Waals surface area contributed by atoms with Gasteiger partial charge in [-0.25, -0.2) is 4.68 Å². The lowest BCUT2D eigenvalue weighted by molar-refractivity contribution is 0.0927. The summed E-state index contributed by atoms with van der Waals surface area (Å²) in [6.45, 7) is 0.369. The Bertz CT molecular complexity index is 1220. The third-order valence-electron chi connectivity index (χ3n) is 4.06. The van der Waals surface area contributed by atoms with Gasteiger partial charge in [-0.15, -0.1) is 0 Å². The van der Waals surface area contributed by atoms with Crippen LogP contribution < -0.4 is 21.8 Å². The van der Waals surface area contributed by atoms with Gasteiger partial charge < -0.3 is 10.6 Å². The maximum atomic E-state index is 12.4. The third-order valence-corrected chi connectivity index (χ3v) is 4.80. The van der Waals surface area contributed by atoms with Gasteiger partial charge in [0.2, 0.25) is 0 Å². The number of aromatic amines is 1. The van der Waals surface area contributed by atoms with Crippen molar-refractivity contribution in [3.05, 3.63) is 96.5 Å². The molecule has 3 rings (SSSR count). The van der Waals surface area contributed by atoms with Crippen molar-refractivity contribution in [2.75, 3.05) is 13.1 Å². The van der Waals surface area contributed by atoms with Crippen molar-refractivity contribution in [3.8, 4) is 5.69 Å². The van der Waals surface area contributed by atoms with Crippen molar-refractivity contribution in [3.63, 3.8) is 0 Å². The SMILES string of the molecule is O=C(NCCNC(=O)c1ccc(Cl)c(Cl)c1)c1cccc(-n2[nH]c(=O)ccc2=O)c1. The van der Waals surface area contributed by atoms with Gasteiger partial charge in [0, 0.05) is 36.3 Å². The van der Waals surface area contributed by atoms with Crippen LogP contribution in [0.15, 0.2) is 64.2 Å². The molecule has 0 atom stereocenters. The monoisotopic (exact) mass is 446 g/mol. The fraction of sp³-hybridized carbons (Fsp3) is 0.100. The molecule has 1 heterocycles. The van der Waals surface area contributed by atoms with Crippen LogP contribution >= 0.6 is 23.2 Å². The second kappa shape index (κ2) is 9.43. The summed E-state index contributed by atoms with van der Waals surface area (Å²) < 4.78 is 1.05. The molecule has 30 heavy (non-hydrogen) atoms. The number of carbonyl (C=O) groups is 2. The highest BCUT2D eigenvalue weighted by Crippen LogP contribution is 2.22. The first-order valence-corrected chi connectivity index (χ1v) is 9.55. The van der Waals surface area contributed by atoms with Crippen LogP contribution in [0, 0.1) is 0 Å². The molecule has 2 aromatic carbocycles. The molecule has 0 saturated heterocycles. The van der Waals surface area contributed by atoms with Crippen LogP contribution in [0.2, 0.25) is 10.0 Å². The van der Waals surface area contributed by atoms with Crippen LogP contribution in [0.3, 0.4) is 0 Å². The quantitative estimate of drug-likeness (QED) is 0.502. The minimum atomic E-state index is -0.442. The zero-order chi connectivity index (χ0) is 21.7. The van der Waals surface area contributed by atoms with Gasteiger partial charge in [0.15, 0.2) is 0 Å². The number of benzene rings is 2. The molecule has 0 spiro atoms. The van der Waals surface area contributed by atoms with E-state index in [1.54, 1.807) is 24.3 Å². The molecule has 0 aliphatic carbocycles. The van der Waals surface area contributed by atoms with E-state index in [4.69, 9.17) is 23.2 Å². The van der Waals surface area contributed by atoms with Crippen molar-refractivity contribution < 1.29 is 9.59 Å². The maximum absolute atomic E-state index is 12.4. The molecule has 0 fully saturated rings. The van der Waals surface area contributed by atoms with E-state index in [0.717, 1.165) is 16.8 Å². The molecule has 0 saturated carbocycles. The zero-order valence-electron chi connectivity index (χ0n) is 15.4. The van der Waals surface area contributed by atoms with Gasteiger partial charge in [-0.2, -0.15) is 0 Å². The number of carbonyl (C=O) groups excluding carboxylic acids is 2. The van der Waals surface area contributed by atoms with Crippen LogP contribution in [0.25, 0.3) is 5.69 Å². The number of hydrogen-bond donors (Lipinski definition) is 3. The summed E-state index contributed by atoms with van der Waals surface area (Å²) in [6, 6.07) is 13.0. The first-order valence-electron chi connectivity index (χ1n) is 8.79. The Labute approximate surface area is 180 Å². The van der Waals surface area contributed by atoms with Crippen LogP contribution in [0.4, 0.5) is 0 Å². The molecule has 0 radical (unpaired) electrons. The topological polar surface area (TPSA) is 113 Å². The Morgan fingerprint density at radius 3 is 2.17 bits per heavy atom. The molecule has 0 aliphatic rings. The third kappa shape index (κ3) is 5.16. The summed E-state index contributed by atoms with van der Waals surface area (Å²) in [6.07, 6.45) is 0. The van der Waals surface area contributed by atoms with Gasteiger partial charge in [0.25, 0.3) is 22.9 Å². The van der Waals surface area contributed by atoms with Gasteiger partial charge in [0.1, 0.15) is 0 Å². The Morgan fingerprint density at radius 2 is 1.50 bits per heavy atom. The van der Waals surface area contributed by atoms with Crippen LogP contribution in [-0.4, -0.2) is 34.7 Å². The summed E-state index contributed by atoms with van der Waals surface area (Å²) in [7, 11) is 0. The largest absolute Gasteiger partial charge is 0.350 e. The summed E-state index contributed by atoms with van der Waals surface area (Å²) in [5, 5.41) is 8.36. The van der Waals surface area contributed by atoms with E-state index in [-0.39, 0.29) is 24.0 Å². The number of nitrogens with one attached hydrogen (secondary N) is 3. The molecule has 10 heteroatoms. The normalized spacial score (nSPS) is 10.5. The standard InChI is InChI=1S/C20H16Cl2N4O4/c21-15-5-4-13(11-16(15)22)20(30)24-9-8-23-19(29)12-2-1-3-14(10-12)26-18(28)7-6-17(27)25-26/h1-7,10-11H,8-9H2,(H,23,29)(H,24,30)(H,25,27). The van der Waals surface area contributed by atoms with Crippen LogP contribution in [0.1, 0.15) is 20.7 Å². The maximum Gasteiger partial charge on any atom is 0.269 e. The van der Waals surface area contributed by atoms with Crippen LogP contribution in [-0.2, 0) is 0 Å². The molecule has 8 nitrogen and oxygen atoms in total. The van der Waals surface area contributed by atoms with Gasteiger partial charge >= 0.3 is 0 Å². The van der Waals surface area contributed by atoms with E-state index in [1.165, 1.54) is 18.2 Å². The number of rotatable bonds is 6. The number of hydrogen-bond acceptors (Lipinski definition) is 4. The van der Waals surface area contributed by atoms with Crippen molar-refractivity contribution >= 4 is 35.0 Å². The smallest absolute Gasteiger partial charge is 0.269 e. The molecular weight excluding hydrogens is 431 g/mol. The van der Waals surface area contributed by atoms with Crippen LogP contribution in [0.5, 0.6) is 0 Å². The fourth-order valence-corrected chi connectivity index (χ4v) is 2.89. The molecule has 1 aromatic heterocycles. The second-order valence-corrected chi connectivity index (χ2v) is 6.99. The lowest BCUT2D eigenvalue weighted by Crippen LogP contribution is -2.34. The van der Waals surface area contributed by atoms with Gasteiger partial charge in [-0.3, -0.25) is 24.3 Å². The highest BCUT2D eigenvalue weighted by atomic mass is 35.5. The first-order chi connectivity index (χ1) is 14.3. The molecule has 0 aliphatic heterocycles. The van der Waals surface area contributed by atoms with E-state index >= 15 is 0 Å². The van der Waals surface area contributed by atoms with Gasteiger partial charge in [0.05, 0.1) is 15.7 Å². The average molecular weight is 447 g/mol. The van der Waals surface area contributed by atoms with Crippen molar-refractivity contribution in [1.29, 1.82) is 0 Å². The molecular formula is C20H16Cl2N4O4. The summed E-state index contributed by atoms with van der Waals surface area (Å²) in [4.78, 5) is 47.8. The average Bonchev–Trinajstić information content (AvgIpc) is 2.74. The zero-order valence-corrected chi connectivity index (χ0v) is 17.0. The lowest BCUT2D eigenvalue weighted by Gasteiger charge is -2.09. The van der Waals surface area contributed by atoms with E-state index in [2.05, 4.69) is 15.7 Å². The molecule has 3 aromatic rings. The Kier molecular flexibility index (Phi) is 6.71. The Morgan fingerprint density at radius 1 is 0.833 bits per heavy atom. The molecule has 3 N–H and O–H groups in total. The van der Waals surface area contributed by atoms with E-state index < -0.39 is 17.0 Å². The molecule has 2 amide bonds. The lowest BCUT2D eigenvalue weighted by atomic mass is 10.2. The van der Waals surface area contributed by atoms with Gasteiger partial charge in [-0.05, 0) is 36.4 Å².